The number of ether oxygens (including phenoxy) is 1. The fraction of sp³-hybridized carbons (Fsp3) is 0.308. The van der Waals surface area contributed by atoms with E-state index in [0.29, 0.717) is 0 Å². The number of nitrogens with one attached hydrogen (secondary N) is 1. The fourth-order valence-corrected chi connectivity index (χ4v) is 1.58. The number of anilines is 1. The smallest absolute Gasteiger partial charge is 0.148 e. The SMILES string of the molecule is COc1ccc(CNc2cc(C)n(C)n2)cc1.Cl. The molecule has 18 heavy (non-hydrogen) atoms. The molecule has 98 valence electrons. The van der Waals surface area contributed by atoms with Crippen molar-refractivity contribution in [3.63, 3.8) is 0 Å². The lowest BCUT2D eigenvalue weighted by molar-refractivity contribution is 0.414. The highest BCUT2D eigenvalue weighted by Crippen LogP contribution is 2.13. The van der Waals surface area contributed by atoms with Gasteiger partial charge >= 0.3 is 0 Å². The molecule has 2 rings (SSSR count). The summed E-state index contributed by atoms with van der Waals surface area (Å²) in [6.45, 7) is 2.80. The van der Waals surface area contributed by atoms with Crippen molar-refractivity contribution in [3.05, 3.63) is 41.6 Å². The Kier molecular flexibility index (Phi) is 5.04. The zero-order valence-corrected chi connectivity index (χ0v) is 11.6. The van der Waals surface area contributed by atoms with Crippen LogP contribution in [-0.4, -0.2) is 16.9 Å². The second-order valence-electron chi connectivity index (χ2n) is 4.00. The lowest BCUT2D eigenvalue weighted by Crippen LogP contribution is -2.00. The Bertz CT molecular complexity index is 474. The van der Waals surface area contributed by atoms with Crippen LogP contribution in [0.2, 0.25) is 0 Å². The predicted molar refractivity (Wildman–Crippen MR) is 75.5 cm³/mol. The molecule has 1 aromatic heterocycles. The number of aryl methyl sites for hydroxylation is 2. The van der Waals surface area contributed by atoms with Gasteiger partial charge in [0, 0.05) is 25.4 Å². The molecule has 2 aromatic rings. The number of rotatable bonds is 4. The predicted octanol–water partition coefficient (Wildman–Crippen LogP) is 2.77. The third kappa shape index (κ3) is 3.40. The van der Waals surface area contributed by atoms with Crippen molar-refractivity contribution in [2.45, 2.75) is 13.5 Å². The minimum Gasteiger partial charge on any atom is -0.497 e. The first-order valence-electron chi connectivity index (χ1n) is 5.56. The first-order valence-corrected chi connectivity index (χ1v) is 5.56. The van der Waals surface area contributed by atoms with Gasteiger partial charge in [-0.05, 0) is 24.6 Å². The minimum absolute atomic E-state index is 0. The highest BCUT2D eigenvalue weighted by molar-refractivity contribution is 5.85. The van der Waals surface area contributed by atoms with Crippen molar-refractivity contribution in [1.82, 2.24) is 9.78 Å². The van der Waals surface area contributed by atoms with Crippen molar-refractivity contribution in [2.75, 3.05) is 12.4 Å². The number of hydrogen-bond donors (Lipinski definition) is 1. The molecule has 0 fully saturated rings. The summed E-state index contributed by atoms with van der Waals surface area (Å²) in [4.78, 5) is 0. The molecule has 4 nitrogen and oxygen atoms in total. The van der Waals surface area contributed by atoms with Crippen LogP contribution >= 0.6 is 12.4 Å². The van der Waals surface area contributed by atoms with Gasteiger partial charge in [-0.2, -0.15) is 5.10 Å². The molecule has 5 heteroatoms. The third-order valence-corrected chi connectivity index (χ3v) is 2.75. The third-order valence-electron chi connectivity index (χ3n) is 2.75. The number of halogens is 1. The van der Waals surface area contributed by atoms with Crippen molar-refractivity contribution < 1.29 is 4.74 Å². The summed E-state index contributed by atoms with van der Waals surface area (Å²) in [5.41, 5.74) is 2.34. The van der Waals surface area contributed by atoms with Crippen molar-refractivity contribution in [1.29, 1.82) is 0 Å². The molecule has 1 aromatic carbocycles. The average molecular weight is 268 g/mol. The first kappa shape index (κ1) is 14.4. The number of hydrogen-bond acceptors (Lipinski definition) is 3. The lowest BCUT2D eigenvalue weighted by atomic mass is 10.2. The molecule has 0 aliphatic heterocycles. The average Bonchev–Trinajstić information content (AvgIpc) is 2.67. The molecule has 0 bridgehead atoms. The van der Waals surface area contributed by atoms with Crippen LogP contribution in [0.3, 0.4) is 0 Å². The Morgan fingerprint density at radius 1 is 1.28 bits per heavy atom. The van der Waals surface area contributed by atoms with Crippen LogP contribution in [0.5, 0.6) is 5.75 Å². The Labute approximate surface area is 113 Å². The van der Waals surface area contributed by atoms with E-state index in [9.17, 15) is 0 Å². The highest BCUT2D eigenvalue weighted by atomic mass is 35.5. The van der Waals surface area contributed by atoms with Crippen LogP contribution in [0.25, 0.3) is 0 Å². The van der Waals surface area contributed by atoms with E-state index in [0.717, 1.165) is 23.8 Å². The van der Waals surface area contributed by atoms with E-state index in [4.69, 9.17) is 4.74 Å². The second kappa shape index (κ2) is 6.31. The molecule has 0 unspecified atom stereocenters. The van der Waals surface area contributed by atoms with Gasteiger partial charge in [-0.15, -0.1) is 12.4 Å². The molecular formula is C13H18ClN3O. The summed E-state index contributed by atoms with van der Waals surface area (Å²) in [5, 5.41) is 7.63. The molecule has 0 saturated carbocycles. The fourth-order valence-electron chi connectivity index (χ4n) is 1.58. The molecule has 0 atom stereocenters. The summed E-state index contributed by atoms with van der Waals surface area (Å²) < 4.78 is 6.97. The number of benzene rings is 1. The maximum absolute atomic E-state index is 5.11. The Morgan fingerprint density at radius 2 is 1.94 bits per heavy atom. The quantitative estimate of drug-likeness (QED) is 0.926. The van der Waals surface area contributed by atoms with Crippen LogP contribution in [-0.2, 0) is 13.6 Å². The minimum atomic E-state index is 0. The summed E-state index contributed by atoms with van der Waals surface area (Å²) in [6, 6.07) is 10.0. The van der Waals surface area contributed by atoms with Gasteiger partial charge in [0.2, 0.25) is 0 Å². The normalized spacial score (nSPS) is 9.72. The summed E-state index contributed by atoms with van der Waals surface area (Å²) in [7, 11) is 3.61. The van der Waals surface area contributed by atoms with E-state index in [2.05, 4.69) is 10.4 Å². The zero-order chi connectivity index (χ0) is 12.3. The van der Waals surface area contributed by atoms with Gasteiger partial charge in [-0.25, -0.2) is 0 Å². The number of methoxy groups -OCH3 is 1. The molecule has 0 aliphatic rings. The zero-order valence-electron chi connectivity index (χ0n) is 10.8. The van der Waals surface area contributed by atoms with Gasteiger partial charge in [0.05, 0.1) is 7.11 Å². The summed E-state index contributed by atoms with van der Waals surface area (Å²) in [6.07, 6.45) is 0. The monoisotopic (exact) mass is 267 g/mol. The Hall–Kier alpha value is -1.68. The van der Waals surface area contributed by atoms with E-state index in [1.807, 2.05) is 49.0 Å². The molecule has 0 saturated heterocycles. The van der Waals surface area contributed by atoms with Gasteiger partial charge in [0.25, 0.3) is 0 Å². The maximum atomic E-state index is 5.11. The molecule has 1 N–H and O–H groups in total. The molecule has 0 aliphatic carbocycles. The molecule has 1 heterocycles. The molecular weight excluding hydrogens is 250 g/mol. The van der Waals surface area contributed by atoms with Gasteiger partial charge in [-0.1, -0.05) is 12.1 Å². The van der Waals surface area contributed by atoms with Crippen molar-refractivity contribution in [3.8, 4) is 5.75 Å². The lowest BCUT2D eigenvalue weighted by Gasteiger charge is -2.04. The Morgan fingerprint density at radius 3 is 2.44 bits per heavy atom. The number of aromatic nitrogens is 2. The van der Waals surface area contributed by atoms with Crippen molar-refractivity contribution in [2.24, 2.45) is 7.05 Å². The highest BCUT2D eigenvalue weighted by Gasteiger charge is 2.00. The standard InChI is InChI=1S/C13H17N3O.ClH/c1-10-8-13(15-16(10)2)14-9-11-4-6-12(17-3)7-5-11;/h4-8H,9H2,1-3H3,(H,14,15);1H. The van der Waals surface area contributed by atoms with Crippen LogP contribution in [0.4, 0.5) is 5.82 Å². The summed E-state index contributed by atoms with van der Waals surface area (Å²) >= 11 is 0. The van der Waals surface area contributed by atoms with Crippen molar-refractivity contribution >= 4 is 18.2 Å². The van der Waals surface area contributed by atoms with Crippen LogP contribution in [0.15, 0.2) is 30.3 Å². The Balaban J connectivity index is 0.00000162. The maximum Gasteiger partial charge on any atom is 0.148 e. The van der Waals surface area contributed by atoms with E-state index in [1.54, 1.807) is 7.11 Å². The van der Waals surface area contributed by atoms with Gasteiger partial charge < -0.3 is 10.1 Å². The van der Waals surface area contributed by atoms with Crippen LogP contribution in [0, 0.1) is 6.92 Å². The van der Waals surface area contributed by atoms with Crippen LogP contribution < -0.4 is 10.1 Å². The number of nitrogens with zero attached hydrogens (tertiary/aromatic N) is 2. The second-order valence-corrected chi connectivity index (χ2v) is 4.00. The molecule has 0 amide bonds. The van der Waals surface area contributed by atoms with E-state index in [1.165, 1.54) is 5.56 Å². The van der Waals surface area contributed by atoms with E-state index in [-0.39, 0.29) is 12.4 Å². The van der Waals surface area contributed by atoms with E-state index < -0.39 is 0 Å². The first-order chi connectivity index (χ1) is 8.19. The summed E-state index contributed by atoms with van der Waals surface area (Å²) in [5.74, 6) is 1.78. The van der Waals surface area contributed by atoms with Crippen LogP contribution in [0.1, 0.15) is 11.3 Å². The molecule has 0 radical (unpaired) electrons. The van der Waals surface area contributed by atoms with Gasteiger partial charge in [0.15, 0.2) is 0 Å². The van der Waals surface area contributed by atoms with Gasteiger partial charge in [-0.3, -0.25) is 4.68 Å². The van der Waals surface area contributed by atoms with Gasteiger partial charge in [0.1, 0.15) is 11.6 Å². The topological polar surface area (TPSA) is 39.1 Å². The molecule has 0 spiro atoms. The largest absolute Gasteiger partial charge is 0.497 e. The van der Waals surface area contributed by atoms with E-state index >= 15 is 0 Å².